The van der Waals surface area contributed by atoms with E-state index < -0.39 is 5.95 Å². The lowest BCUT2D eigenvalue weighted by Gasteiger charge is -2.05. The second-order valence-electron chi connectivity index (χ2n) is 6.18. The van der Waals surface area contributed by atoms with Crippen molar-refractivity contribution in [3.8, 4) is 11.1 Å². The van der Waals surface area contributed by atoms with Crippen molar-refractivity contribution >= 4 is 22.8 Å². The fourth-order valence-corrected chi connectivity index (χ4v) is 3.90. The van der Waals surface area contributed by atoms with Gasteiger partial charge >= 0.3 is 0 Å². The third kappa shape index (κ3) is 4.04. The summed E-state index contributed by atoms with van der Waals surface area (Å²) in [6.45, 7) is 5.44. The molecule has 0 aliphatic heterocycles. The summed E-state index contributed by atoms with van der Waals surface area (Å²) in [5.41, 5.74) is 3.26. The SMILES string of the molecule is CC(=O)c1s/c(=N\c2ccc(-c3ccc(C)nc3F)cc2)n(CCO)c1C. The van der Waals surface area contributed by atoms with E-state index in [4.69, 9.17) is 0 Å². The fraction of sp³-hybridized carbons (Fsp3) is 0.250. The average molecular weight is 385 g/mol. The number of aliphatic hydroxyl groups excluding tert-OH is 1. The molecule has 0 saturated heterocycles. The number of thiazole rings is 1. The molecular weight excluding hydrogens is 365 g/mol. The molecule has 2 aromatic heterocycles. The minimum Gasteiger partial charge on any atom is -0.395 e. The van der Waals surface area contributed by atoms with E-state index in [0.29, 0.717) is 38.7 Å². The number of benzene rings is 1. The van der Waals surface area contributed by atoms with Crippen LogP contribution in [0.2, 0.25) is 0 Å². The number of pyridine rings is 1. The molecule has 0 radical (unpaired) electrons. The van der Waals surface area contributed by atoms with E-state index >= 15 is 0 Å². The largest absolute Gasteiger partial charge is 0.395 e. The number of ketones is 1. The molecule has 0 atom stereocenters. The van der Waals surface area contributed by atoms with Crippen molar-refractivity contribution in [3.05, 3.63) is 63.4 Å². The summed E-state index contributed by atoms with van der Waals surface area (Å²) < 4.78 is 15.9. The van der Waals surface area contributed by atoms with Crippen LogP contribution in [0.5, 0.6) is 0 Å². The Balaban J connectivity index is 2.01. The van der Waals surface area contributed by atoms with Gasteiger partial charge in [0.05, 0.1) is 17.2 Å². The van der Waals surface area contributed by atoms with Gasteiger partial charge in [-0.25, -0.2) is 9.98 Å². The van der Waals surface area contributed by atoms with Crippen LogP contribution in [0.4, 0.5) is 10.1 Å². The van der Waals surface area contributed by atoms with Crippen LogP contribution in [-0.4, -0.2) is 27.0 Å². The Labute approximate surface area is 160 Å². The van der Waals surface area contributed by atoms with Crippen molar-refractivity contribution in [1.82, 2.24) is 9.55 Å². The highest BCUT2D eigenvalue weighted by Crippen LogP contribution is 2.24. The summed E-state index contributed by atoms with van der Waals surface area (Å²) in [7, 11) is 0. The second-order valence-corrected chi connectivity index (χ2v) is 7.16. The Kier molecular flexibility index (Phi) is 5.62. The molecule has 2 heterocycles. The first-order valence-electron chi connectivity index (χ1n) is 8.51. The van der Waals surface area contributed by atoms with Gasteiger partial charge < -0.3 is 9.67 Å². The smallest absolute Gasteiger partial charge is 0.220 e. The van der Waals surface area contributed by atoms with Crippen LogP contribution in [0, 0.1) is 19.8 Å². The van der Waals surface area contributed by atoms with Gasteiger partial charge in [-0.3, -0.25) is 4.79 Å². The van der Waals surface area contributed by atoms with E-state index in [1.165, 1.54) is 18.3 Å². The summed E-state index contributed by atoms with van der Waals surface area (Å²) >= 11 is 1.30. The van der Waals surface area contributed by atoms with Crippen molar-refractivity contribution in [1.29, 1.82) is 0 Å². The second kappa shape index (κ2) is 7.94. The number of aromatic nitrogens is 2. The van der Waals surface area contributed by atoms with Crippen LogP contribution in [0.3, 0.4) is 0 Å². The van der Waals surface area contributed by atoms with Gasteiger partial charge in [0.2, 0.25) is 5.95 Å². The molecule has 0 aliphatic rings. The summed E-state index contributed by atoms with van der Waals surface area (Å²) in [5.74, 6) is -0.524. The number of hydrogen-bond acceptors (Lipinski definition) is 5. The maximum Gasteiger partial charge on any atom is 0.220 e. The van der Waals surface area contributed by atoms with Crippen LogP contribution in [0.1, 0.15) is 28.0 Å². The molecule has 140 valence electrons. The lowest BCUT2D eigenvalue weighted by Crippen LogP contribution is -2.18. The molecule has 5 nitrogen and oxygen atoms in total. The fourth-order valence-electron chi connectivity index (χ4n) is 2.83. The molecule has 1 N–H and O–H groups in total. The van der Waals surface area contributed by atoms with Crippen molar-refractivity contribution < 1.29 is 14.3 Å². The van der Waals surface area contributed by atoms with E-state index in [1.807, 2.05) is 11.5 Å². The quantitative estimate of drug-likeness (QED) is 0.537. The van der Waals surface area contributed by atoms with Crippen LogP contribution in [0.15, 0.2) is 41.4 Å². The zero-order valence-electron chi connectivity index (χ0n) is 15.4. The normalized spacial score (nSPS) is 11.8. The number of carbonyl (C=O) groups excluding carboxylic acids is 1. The molecule has 27 heavy (non-hydrogen) atoms. The zero-order valence-corrected chi connectivity index (χ0v) is 16.2. The molecule has 0 bridgehead atoms. The van der Waals surface area contributed by atoms with Gasteiger partial charge in [0, 0.05) is 30.4 Å². The van der Waals surface area contributed by atoms with Gasteiger partial charge in [-0.05, 0) is 43.7 Å². The standard InChI is InChI=1S/C20H20FN3O2S/c1-12-4-9-17(19(21)22-12)15-5-7-16(8-6-15)23-20-24(10-11-25)13(2)18(27-20)14(3)26/h4-9,25H,10-11H2,1-3H3/b23-20-. The molecule has 3 aromatic rings. The third-order valence-electron chi connectivity index (χ3n) is 4.19. The maximum atomic E-state index is 14.1. The van der Waals surface area contributed by atoms with Crippen LogP contribution in [0.25, 0.3) is 11.1 Å². The monoisotopic (exact) mass is 385 g/mol. The number of Topliss-reactive ketones (excluding diaryl/α,β-unsaturated/α-hetero) is 1. The van der Waals surface area contributed by atoms with Gasteiger partial charge in [0.15, 0.2) is 10.6 Å². The number of hydrogen-bond donors (Lipinski definition) is 1. The summed E-state index contributed by atoms with van der Waals surface area (Å²) in [6, 6.07) is 10.6. The first kappa shape index (κ1) is 19.1. The summed E-state index contributed by atoms with van der Waals surface area (Å²) in [4.78, 5) is 21.5. The Hall–Kier alpha value is -2.64. The predicted molar refractivity (Wildman–Crippen MR) is 104 cm³/mol. The molecule has 3 rings (SSSR count). The molecule has 0 unspecified atom stereocenters. The van der Waals surface area contributed by atoms with Gasteiger partial charge in [-0.2, -0.15) is 4.39 Å². The molecule has 0 aliphatic carbocycles. The topological polar surface area (TPSA) is 67.5 Å². The van der Waals surface area contributed by atoms with Crippen molar-refractivity contribution in [2.24, 2.45) is 4.99 Å². The third-order valence-corrected chi connectivity index (χ3v) is 5.47. The Morgan fingerprint density at radius 2 is 1.93 bits per heavy atom. The highest BCUT2D eigenvalue weighted by Gasteiger charge is 2.13. The van der Waals surface area contributed by atoms with Crippen molar-refractivity contribution in [3.63, 3.8) is 0 Å². The first-order chi connectivity index (χ1) is 12.9. The number of rotatable bonds is 5. The van der Waals surface area contributed by atoms with Crippen molar-refractivity contribution in [2.45, 2.75) is 27.3 Å². The lowest BCUT2D eigenvalue weighted by atomic mass is 10.1. The van der Waals surface area contributed by atoms with E-state index in [9.17, 15) is 14.3 Å². The average Bonchev–Trinajstić information content (AvgIpc) is 2.93. The van der Waals surface area contributed by atoms with Gasteiger partial charge in [-0.1, -0.05) is 23.5 Å². The van der Waals surface area contributed by atoms with E-state index in [-0.39, 0.29) is 12.4 Å². The van der Waals surface area contributed by atoms with Crippen LogP contribution in [-0.2, 0) is 6.54 Å². The molecular formula is C20H20FN3O2S. The van der Waals surface area contributed by atoms with E-state index in [1.54, 1.807) is 43.3 Å². The van der Waals surface area contributed by atoms with Gasteiger partial charge in [0.1, 0.15) is 0 Å². The first-order valence-corrected chi connectivity index (χ1v) is 9.32. The zero-order chi connectivity index (χ0) is 19.6. The van der Waals surface area contributed by atoms with Crippen LogP contribution < -0.4 is 4.80 Å². The number of aliphatic hydroxyl groups is 1. The molecule has 7 heteroatoms. The number of nitrogens with zero attached hydrogens (tertiary/aromatic N) is 3. The maximum absolute atomic E-state index is 14.1. The highest BCUT2D eigenvalue weighted by molar-refractivity contribution is 7.11. The molecule has 0 spiro atoms. The summed E-state index contributed by atoms with van der Waals surface area (Å²) in [5, 5.41) is 9.31. The molecule has 0 amide bonds. The Morgan fingerprint density at radius 3 is 2.52 bits per heavy atom. The predicted octanol–water partition coefficient (Wildman–Crippen LogP) is 3.79. The molecule has 1 aromatic carbocycles. The van der Waals surface area contributed by atoms with Crippen LogP contribution >= 0.6 is 11.3 Å². The van der Waals surface area contributed by atoms with Gasteiger partial charge in [0.25, 0.3) is 0 Å². The number of halogens is 1. The van der Waals surface area contributed by atoms with Crippen molar-refractivity contribution in [2.75, 3.05) is 6.61 Å². The van der Waals surface area contributed by atoms with E-state index in [2.05, 4.69) is 9.98 Å². The number of aryl methyl sites for hydroxylation is 1. The molecule has 0 saturated carbocycles. The van der Waals surface area contributed by atoms with E-state index in [0.717, 1.165) is 5.69 Å². The van der Waals surface area contributed by atoms with Gasteiger partial charge in [-0.15, -0.1) is 0 Å². The lowest BCUT2D eigenvalue weighted by molar-refractivity contribution is 0.102. The summed E-state index contributed by atoms with van der Waals surface area (Å²) in [6.07, 6.45) is 0. The molecule has 0 fully saturated rings. The minimum atomic E-state index is -0.500. The minimum absolute atomic E-state index is 0.0247. The Morgan fingerprint density at radius 1 is 1.22 bits per heavy atom. The number of carbonyl (C=O) groups is 1. The highest BCUT2D eigenvalue weighted by atomic mass is 32.1. The Bertz CT molecular complexity index is 1050.